The molecule has 2 heteroatoms. The van der Waals surface area contributed by atoms with Crippen molar-refractivity contribution >= 4 is 60.5 Å². The van der Waals surface area contributed by atoms with E-state index in [2.05, 4.69) is 205 Å². The predicted molar refractivity (Wildman–Crippen MR) is 220 cm³/mol. The lowest BCUT2D eigenvalue weighted by Crippen LogP contribution is -2.11. The fourth-order valence-corrected chi connectivity index (χ4v) is 7.67. The van der Waals surface area contributed by atoms with Gasteiger partial charge in [-0.1, -0.05) is 146 Å². The van der Waals surface area contributed by atoms with E-state index in [1.54, 1.807) is 0 Å². The second-order valence-corrected chi connectivity index (χ2v) is 13.4. The summed E-state index contributed by atoms with van der Waals surface area (Å²) in [4.78, 5) is 2.38. The minimum Gasteiger partial charge on any atom is -0.456 e. The van der Waals surface area contributed by atoms with Crippen LogP contribution in [0.15, 0.2) is 205 Å². The van der Waals surface area contributed by atoms with Crippen molar-refractivity contribution < 1.29 is 4.42 Å². The first-order valence-electron chi connectivity index (χ1n) is 17.8. The molecule has 0 spiro atoms. The summed E-state index contributed by atoms with van der Waals surface area (Å²) in [6, 6.07) is 71.7. The molecule has 0 N–H and O–H groups in total. The molecular weight excluding hydrogens is 631 g/mol. The average Bonchev–Trinajstić information content (AvgIpc) is 3.58. The fourth-order valence-electron chi connectivity index (χ4n) is 7.67. The van der Waals surface area contributed by atoms with Crippen LogP contribution in [0.2, 0.25) is 0 Å². The van der Waals surface area contributed by atoms with Crippen molar-refractivity contribution in [2.75, 3.05) is 4.90 Å². The van der Waals surface area contributed by atoms with Crippen LogP contribution in [0.5, 0.6) is 0 Å². The van der Waals surface area contributed by atoms with Gasteiger partial charge in [0.15, 0.2) is 0 Å². The van der Waals surface area contributed by atoms with Gasteiger partial charge >= 0.3 is 0 Å². The highest BCUT2D eigenvalue weighted by atomic mass is 16.3. The average molecular weight is 664 g/mol. The van der Waals surface area contributed by atoms with Crippen molar-refractivity contribution in [3.8, 4) is 33.4 Å². The van der Waals surface area contributed by atoms with E-state index in [0.29, 0.717) is 0 Å². The molecule has 0 fully saturated rings. The summed E-state index contributed by atoms with van der Waals surface area (Å²) < 4.78 is 6.52. The lowest BCUT2D eigenvalue weighted by molar-refractivity contribution is 0.669. The van der Waals surface area contributed by atoms with Gasteiger partial charge in [-0.15, -0.1) is 0 Å². The number of benzene rings is 9. The summed E-state index contributed by atoms with van der Waals surface area (Å²) >= 11 is 0. The second kappa shape index (κ2) is 12.5. The van der Waals surface area contributed by atoms with Gasteiger partial charge < -0.3 is 9.32 Å². The molecule has 52 heavy (non-hydrogen) atoms. The molecule has 0 bridgehead atoms. The van der Waals surface area contributed by atoms with E-state index in [9.17, 15) is 0 Å². The van der Waals surface area contributed by atoms with Crippen LogP contribution in [-0.4, -0.2) is 0 Å². The second-order valence-electron chi connectivity index (χ2n) is 13.4. The summed E-state index contributed by atoms with van der Waals surface area (Å²) in [5.74, 6) is 0. The number of fused-ring (bicyclic) bond motifs is 5. The fraction of sp³-hybridized carbons (Fsp3) is 0. The van der Waals surface area contributed by atoms with Gasteiger partial charge in [-0.3, -0.25) is 0 Å². The lowest BCUT2D eigenvalue weighted by atomic mass is 9.96. The molecule has 0 saturated heterocycles. The van der Waals surface area contributed by atoms with Crippen molar-refractivity contribution in [1.29, 1.82) is 0 Å². The molecule has 0 saturated carbocycles. The summed E-state index contributed by atoms with van der Waals surface area (Å²) in [7, 11) is 0. The maximum Gasteiger partial charge on any atom is 0.136 e. The molecular formula is C50H33NO. The topological polar surface area (TPSA) is 16.4 Å². The Labute approximate surface area is 302 Å². The lowest BCUT2D eigenvalue weighted by Gasteiger charge is -2.28. The number of nitrogens with zero attached hydrogens (tertiary/aromatic N) is 1. The molecule has 0 aliphatic rings. The van der Waals surface area contributed by atoms with Crippen molar-refractivity contribution in [2.24, 2.45) is 0 Å². The van der Waals surface area contributed by atoms with E-state index in [1.807, 2.05) is 0 Å². The van der Waals surface area contributed by atoms with E-state index in [-0.39, 0.29) is 0 Å². The predicted octanol–water partition coefficient (Wildman–Crippen LogP) is 14.4. The van der Waals surface area contributed by atoms with Gasteiger partial charge in [0.1, 0.15) is 11.2 Å². The minimum absolute atomic E-state index is 0.885. The number of anilines is 3. The molecule has 10 aromatic rings. The van der Waals surface area contributed by atoms with E-state index in [4.69, 9.17) is 4.42 Å². The van der Waals surface area contributed by atoms with Crippen molar-refractivity contribution in [3.05, 3.63) is 200 Å². The zero-order chi connectivity index (χ0) is 34.4. The van der Waals surface area contributed by atoms with E-state index in [0.717, 1.165) is 50.1 Å². The number of hydrogen-bond donors (Lipinski definition) is 0. The Balaban J connectivity index is 1.14. The summed E-state index contributed by atoms with van der Waals surface area (Å²) in [6.07, 6.45) is 0. The first kappa shape index (κ1) is 30.0. The summed E-state index contributed by atoms with van der Waals surface area (Å²) in [5.41, 5.74) is 12.1. The van der Waals surface area contributed by atoms with Gasteiger partial charge in [0.2, 0.25) is 0 Å². The third kappa shape index (κ3) is 5.21. The third-order valence-corrected chi connectivity index (χ3v) is 10.2. The molecule has 0 radical (unpaired) electrons. The zero-order valence-corrected chi connectivity index (χ0v) is 28.4. The Morgan fingerprint density at radius 1 is 0.327 bits per heavy atom. The number of rotatable bonds is 6. The molecule has 1 heterocycles. The van der Waals surface area contributed by atoms with Gasteiger partial charge in [0, 0.05) is 27.7 Å². The maximum atomic E-state index is 6.52. The molecule has 0 aliphatic heterocycles. The Morgan fingerprint density at radius 3 is 1.60 bits per heavy atom. The highest BCUT2D eigenvalue weighted by Crippen LogP contribution is 2.45. The molecule has 0 atom stereocenters. The quantitative estimate of drug-likeness (QED) is 0.176. The molecule has 2 nitrogen and oxygen atoms in total. The van der Waals surface area contributed by atoms with E-state index < -0.39 is 0 Å². The minimum atomic E-state index is 0.885. The van der Waals surface area contributed by atoms with Crippen molar-refractivity contribution in [2.45, 2.75) is 0 Å². The molecule has 0 amide bonds. The van der Waals surface area contributed by atoms with Gasteiger partial charge in [-0.25, -0.2) is 0 Å². The molecule has 10 rings (SSSR count). The maximum absolute atomic E-state index is 6.52. The summed E-state index contributed by atoms with van der Waals surface area (Å²) in [5, 5.41) is 7.12. The van der Waals surface area contributed by atoms with Crippen LogP contribution in [0, 0.1) is 0 Å². The van der Waals surface area contributed by atoms with Gasteiger partial charge in [-0.05, 0) is 104 Å². The van der Waals surface area contributed by atoms with Crippen LogP contribution in [0.4, 0.5) is 17.1 Å². The van der Waals surface area contributed by atoms with Gasteiger partial charge in [-0.2, -0.15) is 0 Å². The first-order valence-corrected chi connectivity index (χ1v) is 17.8. The monoisotopic (exact) mass is 663 g/mol. The SMILES string of the molecule is c1ccc(-c2ccc(N(c3ccc(-c4ccc5ccccc5c4)cc3)c3ccccc3-c3cccc4oc5cc6ccccc6cc5c34)cc2)cc1. The van der Waals surface area contributed by atoms with Crippen LogP contribution in [0.25, 0.3) is 76.9 Å². The third-order valence-electron chi connectivity index (χ3n) is 10.2. The molecule has 0 aliphatic carbocycles. The molecule has 9 aromatic carbocycles. The normalized spacial score (nSPS) is 11.5. The first-order chi connectivity index (χ1) is 25.8. The number of hydrogen-bond acceptors (Lipinski definition) is 2. The summed E-state index contributed by atoms with van der Waals surface area (Å²) in [6.45, 7) is 0. The Hall–Kier alpha value is -6.90. The Kier molecular flexibility index (Phi) is 7.18. The molecule has 0 unspecified atom stereocenters. The highest BCUT2D eigenvalue weighted by molar-refractivity contribution is 6.16. The zero-order valence-electron chi connectivity index (χ0n) is 28.4. The van der Waals surface area contributed by atoms with Crippen LogP contribution >= 0.6 is 0 Å². The number of para-hydroxylation sites is 1. The van der Waals surface area contributed by atoms with Crippen LogP contribution < -0.4 is 4.90 Å². The van der Waals surface area contributed by atoms with E-state index in [1.165, 1.54) is 43.8 Å². The Bertz CT molecular complexity index is 2890. The largest absolute Gasteiger partial charge is 0.456 e. The standard InChI is InChI=1S/C50H33NO/c1-2-11-34(12-3-1)36-23-27-42(28-24-36)51(43-29-25-37(26-30-43)41-22-21-35-13-4-5-14-38(35)31-41)47-19-9-8-17-44(47)45-18-10-20-48-50(45)46-32-39-15-6-7-16-40(39)33-49(46)52-48/h1-33H. The van der Waals surface area contributed by atoms with Gasteiger partial charge in [0.05, 0.1) is 5.69 Å². The van der Waals surface area contributed by atoms with Crippen LogP contribution in [-0.2, 0) is 0 Å². The van der Waals surface area contributed by atoms with Crippen LogP contribution in [0.1, 0.15) is 0 Å². The smallest absolute Gasteiger partial charge is 0.136 e. The van der Waals surface area contributed by atoms with Crippen molar-refractivity contribution in [1.82, 2.24) is 0 Å². The van der Waals surface area contributed by atoms with Crippen molar-refractivity contribution in [3.63, 3.8) is 0 Å². The highest BCUT2D eigenvalue weighted by Gasteiger charge is 2.21. The Morgan fingerprint density at radius 2 is 0.865 bits per heavy atom. The van der Waals surface area contributed by atoms with Crippen LogP contribution in [0.3, 0.4) is 0 Å². The van der Waals surface area contributed by atoms with Gasteiger partial charge in [0.25, 0.3) is 0 Å². The molecule has 244 valence electrons. The number of furan rings is 1. The molecule has 1 aromatic heterocycles. The van der Waals surface area contributed by atoms with E-state index >= 15 is 0 Å².